The Morgan fingerprint density at radius 3 is 2.26 bits per heavy atom. The van der Waals surface area contributed by atoms with Crippen molar-refractivity contribution in [2.24, 2.45) is 5.73 Å². The molecule has 0 aliphatic heterocycles. The number of aliphatic hydroxyl groups excluding tert-OH is 1. The van der Waals surface area contributed by atoms with Crippen molar-refractivity contribution in [2.75, 3.05) is 6.61 Å². The number of para-hydroxylation sites is 1. The van der Waals surface area contributed by atoms with Gasteiger partial charge in [-0.1, -0.05) is 18.2 Å². The van der Waals surface area contributed by atoms with Gasteiger partial charge in [-0.05, 0) is 31.4 Å². The van der Waals surface area contributed by atoms with Crippen molar-refractivity contribution in [1.29, 1.82) is 0 Å². The number of rotatable bonds is 13. The van der Waals surface area contributed by atoms with E-state index < -0.39 is 66.9 Å². The maximum atomic E-state index is 12.5. The summed E-state index contributed by atoms with van der Waals surface area (Å²) in [6.45, 7) is 0.491. The number of nitrogens with two attached hydrogens (primary N) is 1. The Kier molecular flexibility index (Phi) is 9.73. The molecule has 3 amide bonds. The number of aromatic nitrogens is 1. The van der Waals surface area contributed by atoms with Crippen LogP contribution in [-0.2, 0) is 30.4 Å². The predicted octanol–water partition coefficient (Wildman–Crippen LogP) is -1.55. The highest BCUT2D eigenvalue weighted by atomic mass is 16.4. The Balaban J connectivity index is 1.92. The number of carbonyl (C=O) groups is 5. The lowest BCUT2D eigenvalue weighted by Gasteiger charge is -2.22. The molecule has 0 spiro atoms. The van der Waals surface area contributed by atoms with Crippen LogP contribution in [0.5, 0.6) is 0 Å². The number of aliphatic carboxylic acids is 2. The molecule has 0 radical (unpaired) electrons. The molecular formula is C22H29N5O8. The molecule has 2 aromatic rings. The van der Waals surface area contributed by atoms with E-state index in [4.69, 9.17) is 15.9 Å². The summed E-state index contributed by atoms with van der Waals surface area (Å²) in [6, 6.07) is 2.32. The summed E-state index contributed by atoms with van der Waals surface area (Å²) >= 11 is 0. The SMILES string of the molecule is CC(NC(=O)C(CO)NC(=O)C(N)Cc1c[nH]c2ccccc12)C(=O)NC(CCC(=O)O)C(=O)O. The van der Waals surface area contributed by atoms with E-state index in [-0.39, 0.29) is 12.8 Å². The molecule has 4 atom stereocenters. The second-order valence-electron chi connectivity index (χ2n) is 7.98. The summed E-state index contributed by atoms with van der Waals surface area (Å²) < 4.78 is 0. The number of aromatic amines is 1. The molecule has 0 saturated carbocycles. The number of H-pyrrole nitrogens is 1. The van der Waals surface area contributed by atoms with Crippen LogP contribution in [0.25, 0.3) is 10.9 Å². The quantitative estimate of drug-likeness (QED) is 0.162. The number of hydrogen-bond acceptors (Lipinski definition) is 7. The zero-order chi connectivity index (χ0) is 26.1. The van der Waals surface area contributed by atoms with Gasteiger partial charge in [-0.25, -0.2) is 4.79 Å². The molecule has 0 fully saturated rings. The largest absolute Gasteiger partial charge is 0.481 e. The van der Waals surface area contributed by atoms with E-state index in [2.05, 4.69) is 20.9 Å². The first-order valence-electron chi connectivity index (χ1n) is 10.8. The molecule has 13 nitrogen and oxygen atoms in total. The number of fused-ring (bicyclic) bond motifs is 1. The molecule has 190 valence electrons. The van der Waals surface area contributed by atoms with Crippen LogP contribution in [0.4, 0.5) is 0 Å². The zero-order valence-corrected chi connectivity index (χ0v) is 19.0. The Hall–Kier alpha value is -3.97. The van der Waals surface area contributed by atoms with Crippen molar-refractivity contribution in [2.45, 2.75) is 50.4 Å². The summed E-state index contributed by atoms with van der Waals surface area (Å²) in [5.41, 5.74) is 7.66. The number of nitrogens with one attached hydrogen (secondary N) is 4. The summed E-state index contributed by atoms with van der Waals surface area (Å²) in [4.78, 5) is 62.2. The summed E-state index contributed by atoms with van der Waals surface area (Å²) in [6.07, 6.45) is 1.08. The fourth-order valence-electron chi connectivity index (χ4n) is 3.30. The summed E-state index contributed by atoms with van der Waals surface area (Å²) in [5.74, 6) is -5.12. The van der Waals surface area contributed by atoms with Crippen LogP contribution in [0.3, 0.4) is 0 Å². The average molecular weight is 492 g/mol. The van der Waals surface area contributed by atoms with Crippen LogP contribution < -0.4 is 21.7 Å². The Morgan fingerprint density at radius 2 is 1.63 bits per heavy atom. The lowest BCUT2D eigenvalue weighted by atomic mass is 10.0. The molecule has 1 heterocycles. The highest BCUT2D eigenvalue weighted by Gasteiger charge is 2.28. The molecule has 1 aromatic heterocycles. The number of carboxylic acids is 2. The van der Waals surface area contributed by atoms with Gasteiger partial charge in [0.2, 0.25) is 17.7 Å². The Labute approximate surface area is 200 Å². The van der Waals surface area contributed by atoms with Crippen molar-refractivity contribution in [3.8, 4) is 0 Å². The van der Waals surface area contributed by atoms with Gasteiger partial charge in [-0.3, -0.25) is 19.2 Å². The van der Waals surface area contributed by atoms with Crippen LogP contribution in [0.2, 0.25) is 0 Å². The molecule has 35 heavy (non-hydrogen) atoms. The third kappa shape index (κ3) is 7.79. The first-order valence-corrected chi connectivity index (χ1v) is 10.8. The molecule has 13 heteroatoms. The van der Waals surface area contributed by atoms with E-state index in [9.17, 15) is 29.1 Å². The minimum absolute atomic E-state index is 0.168. The van der Waals surface area contributed by atoms with E-state index in [1.54, 1.807) is 6.20 Å². The number of benzene rings is 1. The molecule has 4 unspecified atom stereocenters. The van der Waals surface area contributed by atoms with E-state index in [0.29, 0.717) is 0 Å². The predicted molar refractivity (Wildman–Crippen MR) is 123 cm³/mol. The number of carboxylic acid groups (broad SMARTS) is 2. The fourth-order valence-corrected chi connectivity index (χ4v) is 3.30. The van der Waals surface area contributed by atoms with Crippen LogP contribution in [-0.4, -0.2) is 80.7 Å². The van der Waals surface area contributed by atoms with Gasteiger partial charge in [-0.15, -0.1) is 0 Å². The van der Waals surface area contributed by atoms with Crippen LogP contribution >= 0.6 is 0 Å². The van der Waals surface area contributed by atoms with Gasteiger partial charge in [0.25, 0.3) is 0 Å². The number of hydrogen-bond donors (Lipinski definition) is 8. The third-order valence-electron chi connectivity index (χ3n) is 5.28. The average Bonchev–Trinajstić information content (AvgIpc) is 3.21. The fraction of sp³-hybridized carbons (Fsp3) is 0.409. The number of aliphatic hydroxyl groups is 1. The van der Waals surface area contributed by atoms with Gasteiger partial charge in [-0.2, -0.15) is 0 Å². The van der Waals surface area contributed by atoms with Gasteiger partial charge in [0.15, 0.2) is 0 Å². The maximum Gasteiger partial charge on any atom is 0.326 e. The van der Waals surface area contributed by atoms with Gasteiger partial charge in [0.05, 0.1) is 12.6 Å². The standard InChI is InChI=1S/C22H29N5O8/c1-11(19(31)26-16(22(34)35)6-7-18(29)30)25-21(33)17(10-28)27-20(32)14(23)8-12-9-24-15-5-3-2-4-13(12)15/h2-5,9,11,14,16-17,24,28H,6-8,10,23H2,1H3,(H,25,33)(H,26,31)(H,27,32)(H,29,30)(H,34,35). The minimum Gasteiger partial charge on any atom is -0.481 e. The topological polar surface area (TPSA) is 224 Å². The Bertz CT molecular complexity index is 1080. The van der Waals surface area contributed by atoms with E-state index >= 15 is 0 Å². The van der Waals surface area contributed by atoms with Crippen molar-refractivity contribution in [3.63, 3.8) is 0 Å². The summed E-state index contributed by atoms with van der Waals surface area (Å²) in [7, 11) is 0. The first kappa shape index (κ1) is 27.3. The molecule has 2 rings (SSSR count). The van der Waals surface area contributed by atoms with Gasteiger partial charge >= 0.3 is 11.9 Å². The monoisotopic (exact) mass is 491 g/mol. The minimum atomic E-state index is -1.46. The Morgan fingerprint density at radius 1 is 0.971 bits per heavy atom. The van der Waals surface area contributed by atoms with Crippen LogP contribution in [0, 0.1) is 0 Å². The van der Waals surface area contributed by atoms with Gasteiger partial charge < -0.3 is 42.0 Å². The van der Waals surface area contributed by atoms with Crippen LogP contribution in [0.15, 0.2) is 30.5 Å². The third-order valence-corrected chi connectivity index (χ3v) is 5.28. The molecule has 0 aliphatic rings. The number of carbonyl (C=O) groups excluding carboxylic acids is 3. The van der Waals surface area contributed by atoms with Gasteiger partial charge in [0, 0.05) is 23.5 Å². The van der Waals surface area contributed by atoms with E-state index in [1.807, 2.05) is 24.3 Å². The first-order chi connectivity index (χ1) is 16.5. The molecule has 0 bridgehead atoms. The van der Waals surface area contributed by atoms with Crippen LogP contribution in [0.1, 0.15) is 25.3 Å². The normalized spacial score (nSPS) is 14.4. The lowest BCUT2D eigenvalue weighted by molar-refractivity contribution is -0.143. The van der Waals surface area contributed by atoms with Crippen molar-refractivity contribution >= 4 is 40.6 Å². The maximum absolute atomic E-state index is 12.5. The zero-order valence-electron chi connectivity index (χ0n) is 19.0. The molecule has 0 aliphatic carbocycles. The molecular weight excluding hydrogens is 462 g/mol. The van der Waals surface area contributed by atoms with Crippen molar-refractivity contribution < 1.29 is 39.3 Å². The van der Waals surface area contributed by atoms with Crippen molar-refractivity contribution in [3.05, 3.63) is 36.0 Å². The second kappa shape index (κ2) is 12.5. The highest BCUT2D eigenvalue weighted by molar-refractivity contribution is 5.94. The van der Waals surface area contributed by atoms with E-state index in [1.165, 1.54) is 6.92 Å². The second-order valence-corrected chi connectivity index (χ2v) is 7.98. The van der Waals surface area contributed by atoms with Crippen molar-refractivity contribution in [1.82, 2.24) is 20.9 Å². The van der Waals surface area contributed by atoms with E-state index in [0.717, 1.165) is 16.5 Å². The number of amides is 3. The molecule has 1 aromatic carbocycles. The molecule has 0 saturated heterocycles. The smallest absolute Gasteiger partial charge is 0.326 e. The summed E-state index contributed by atoms with van der Waals surface area (Å²) in [5, 5.41) is 35.0. The van der Waals surface area contributed by atoms with Gasteiger partial charge in [0.1, 0.15) is 18.1 Å². The lowest BCUT2D eigenvalue weighted by Crippen LogP contribution is -2.57. The highest BCUT2D eigenvalue weighted by Crippen LogP contribution is 2.18. The molecule has 9 N–H and O–H groups in total.